The Morgan fingerprint density at radius 2 is 2.55 bits per heavy atom. The first kappa shape index (κ1) is 6.39. The van der Waals surface area contributed by atoms with Crippen LogP contribution >= 0.6 is 0 Å². The van der Waals surface area contributed by atoms with Crippen LogP contribution in [0.4, 0.5) is 0 Å². The summed E-state index contributed by atoms with van der Waals surface area (Å²) in [7, 11) is 1.83. The summed E-state index contributed by atoms with van der Waals surface area (Å²) >= 11 is 0. The lowest BCUT2D eigenvalue weighted by atomic mass is 10.2. The molecule has 0 bridgehead atoms. The maximum absolute atomic E-state index is 11.2. The maximum Gasteiger partial charge on any atom is 0.269 e. The molecule has 0 saturated heterocycles. The zero-order chi connectivity index (χ0) is 7.84. The predicted octanol–water partition coefficient (Wildman–Crippen LogP) is -0.294. The third-order valence-electron chi connectivity index (χ3n) is 1.88. The highest BCUT2D eigenvalue weighted by Crippen LogP contribution is 2.09. The van der Waals surface area contributed by atoms with Crippen molar-refractivity contribution in [2.45, 2.75) is 6.42 Å². The molecule has 58 valence electrons. The summed E-state index contributed by atoms with van der Waals surface area (Å²) in [5.41, 5.74) is 1.62. The van der Waals surface area contributed by atoms with Gasteiger partial charge in [-0.25, -0.2) is 4.98 Å². The highest BCUT2D eigenvalue weighted by atomic mass is 16.2. The summed E-state index contributed by atoms with van der Waals surface area (Å²) in [5.74, 6) is -0.00810. The second kappa shape index (κ2) is 2.08. The van der Waals surface area contributed by atoms with Gasteiger partial charge >= 0.3 is 0 Å². The fourth-order valence-electron chi connectivity index (χ4n) is 1.33. The van der Waals surface area contributed by atoms with Gasteiger partial charge < -0.3 is 9.88 Å². The molecule has 0 spiro atoms. The van der Waals surface area contributed by atoms with E-state index in [1.54, 1.807) is 10.9 Å². The van der Waals surface area contributed by atoms with Gasteiger partial charge in [0.1, 0.15) is 5.69 Å². The molecule has 2 heterocycles. The van der Waals surface area contributed by atoms with Crippen molar-refractivity contribution >= 4 is 5.91 Å². The molecular formula is C7H9N3O. The van der Waals surface area contributed by atoms with Crippen LogP contribution in [0, 0.1) is 0 Å². The molecule has 11 heavy (non-hydrogen) atoms. The first-order chi connectivity index (χ1) is 5.29. The SMILES string of the molecule is Cn1cnc2c1C(=O)NCC2. The van der Waals surface area contributed by atoms with Crippen LogP contribution in [0.15, 0.2) is 6.33 Å². The third kappa shape index (κ3) is 0.824. The number of hydrogen-bond acceptors (Lipinski definition) is 2. The molecule has 0 saturated carbocycles. The number of fused-ring (bicyclic) bond motifs is 1. The topological polar surface area (TPSA) is 46.9 Å². The number of imidazole rings is 1. The van der Waals surface area contributed by atoms with Crippen molar-refractivity contribution in [2.24, 2.45) is 7.05 Å². The van der Waals surface area contributed by atoms with Crippen LogP contribution in [0.2, 0.25) is 0 Å². The summed E-state index contributed by atoms with van der Waals surface area (Å²) in [6.07, 6.45) is 2.53. The van der Waals surface area contributed by atoms with E-state index < -0.39 is 0 Å². The first-order valence-corrected chi connectivity index (χ1v) is 3.57. The molecule has 0 aliphatic carbocycles. The molecule has 0 fully saturated rings. The number of rotatable bonds is 0. The van der Waals surface area contributed by atoms with Gasteiger partial charge in [-0.05, 0) is 0 Å². The van der Waals surface area contributed by atoms with E-state index in [1.165, 1.54) is 0 Å². The zero-order valence-corrected chi connectivity index (χ0v) is 6.29. The number of nitrogens with one attached hydrogen (secondary N) is 1. The van der Waals surface area contributed by atoms with E-state index in [4.69, 9.17) is 0 Å². The van der Waals surface area contributed by atoms with Crippen LogP contribution in [-0.2, 0) is 13.5 Å². The number of hydrogen-bond donors (Lipinski definition) is 1. The lowest BCUT2D eigenvalue weighted by Crippen LogP contribution is -2.33. The Morgan fingerprint density at radius 1 is 1.73 bits per heavy atom. The number of nitrogens with zero attached hydrogens (tertiary/aromatic N) is 2. The van der Waals surface area contributed by atoms with Crippen LogP contribution in [0.25, 0.3) is 0 Å². The van der Waals surface area contributed by atoms with Crippen molar-refractivity contribution < 1.29 is 4.79 Å². The van der Waals surface area contributed by atoms with Crippen molar-refractivity contribution in [3.63, 3.8) is 0 Å². The normalized spacial score (nSPS) is 15.9. The molecular weight excluding hydrogens is 142 g/mol. The fourth-order valence-corrected chi connectivity index (χ4v) is 1.33. The third-order valence-corrected chi connectivity index (χ3v) is 1.88. The van der Waals surface area contributed by atoms with Crippen LogP contribution in [0.5, 0.6) is 0 Å². The van der Waals surface area contributed by atoms with Gasteiger partial charge in [0, 0.05) is 20.0 Å². The monoisotopic (exact) mass is 151 g/mol. The lowest BCUT2D eigenvalue weighted by Gasteiger charge is -2.11. The smallest absolute Gasteiger partial charge is 0.269 e. The Kier molecular flexibility index (Phi) is 1.21. The molecule has 1 aromatic heterocycles. The Bertz CT molecular complexity index is 303. The van der Waals surface area contributed by atoms with Gasteiger partial charge in [-0.15, -0.1) is 0 Å². The molecule has 0 unspecified atom stereocenters. The molecule has 0 aromatic carbocycles. The van der Waals surface area contributed by atoms with Gasteiger partial charge in [0.05, 0.1) is 12.0 Å². The molecule has 1 N–H and O–H groups in total. The van der Waals surface area contributed by atoms with Crippen molar-refractivity contribution in [1.29, 1.82) is 0 Å². The number of amides is 1. The van der Waals surface area contributed by atoms with Gasteiger partial charge in [0.2, 0.25) is 0 Å². The molecule has 4 heteroatoms. The van der Waals surface area contributed by atoms with Gasteiger partial charge in [-0.1, -0.05) is 0 Å². The minimum Gasteiger partial charge on any atom is -0.350 e. The fraction of sp³-hybridized carbons (Fsp3) is 0.429. The van der Waals surface area contributed by atoms with Crippen LogP contribution in [0.3, 0.4) is 0 Å². The Balaban J connectivity index is 2.56. The standard InChI is InChI=1S/C7H9N3O/c1-10-4-9-5-2-3-8-7(11)6(5)10/h4H,2-3H2,1H3,(H,8,11). The number of carbonyl (C=O) groups excluding carboxylic acids is 1. The van der Waals surface area contributed by atoms with E-state index in [1.807, 2.05) is 7.05 Å². The molecule has 2 rings (SSSR count). The van der Waals surface area contributed by atoms with Crippen molar-refractivity contribution in [3.8, 4) is 0 Å². The van der Waals surface area contributed by atoms with E-state index >= 15 is 0 Å². The summed E-state index contributed by atoms with van der Waals surface area (Å²) in [5, 5.41) is 2.77. The molecule has 1 amide bonds. The molecule has 0 radical (unpaired) electrons. The summed E-state index contributed by atoms with van der Waals surface area (Å²) in [6, 6.07) is 0. The van der Waals surface area contributed by atoms with Gasteiger partial charge in [-0.3, -0.25) is 4.79 Å². The molecule has 1 aliphatic rings. The van der Waals surface area contributed by atoms with E-state index in [9.17, 15) is 4.79 Å². The van der Waals surface area contributed by atoms with Gasteiger partial charge in [-0.2, -0.15) is 0 Å². The van der Waals surface area contributed by atoms with Gasteiger partial charge in [0.25, 0.3) is 5.91 Å². The summed E-state index contributed by atoms with van der Waals surface area (Å²) in [6.45, 7) is 0.711. The van der Waals surface area contributed by atoms with E-state index in [2.05, 4.69) is 10.3 Å². The summed E-state index contributed by atoms with van der Waals surface area (Å²) < 4.78 is 1.75. The zero-order valence-electron chi connectivity index (χ0n) is 6.29. The molecule has 0 atom stereocenters. The van der Waals surface area contributed by atoms with Crippen LogP contribution in [-0.4, -0.2) is 22.0 Å². The average Bonchev–Trinajstić information content (AvgIpc) is 2.34. The second-order valence-corrected chi connectivity index (χ2v) is 2.66. The second-order valence-electron chi connectivity index (χ2n) is 2.66. The van der Waals surface area contributed by atoms with Crippen LogP contribution < -0.4 is 5.32 Å². The van der Waals surface area contributed by atoms with Crippen molar-refractivity contribution in [2.75, 3.05) is 6.54 Å². The minimum atomic E-state index is -0.00810. The number of aromatic nitrogens is 2. The van der Waals surface area contributed by atoms with E-state index in [-0.39, 0.29) is 5.91 Å². The molecule has 4 nitrogen and oxygen atoms in total. The summed E-state index contributed by atoms with van der Waals surface area (Å²) in [4.78, 5) is 15.3. The van der Waals surface area contributed by atoms with Crippen molar-refractivity contribution in [3.05, 3.63) is 17.7 Å². The highest BCUT2D eigenvalue weighted by Gasteiger charge is 2.20. The molecule has 1 aromatic rings. The van der Waals surface area contributed by atoms with E-state index in [0.717, 1.165) is 12.1 Å². The number of carbonyl (C=O) groups is 1. The molecule has 1 aliphatic heterocycles. The highest BCUT2D eigenvalue weighted by molar-refractivity contribution is 5.94. The number of aryl methyl sites for hydroxylation is 1. The maximum atomic E-state index is 11.2. The largest absolute Gasteiger partial charge is 0.350 e. The average molecular weight is 151 g/mol. The van der Waals surface area contributed by atoms with Gasteiger partial charge in [0.15, 0.2) is 0 Å². The lowest BCUT2D eigenvalue weighted by molar-refractivity contribution is 0.0937. The van der Waals surface area contributed by atoms with E-state index in [0.29, 0.717) is 12.2 Å². The predicted molar refractivity (Wildman–Crippen MR) is 39.2 cm³/mol. The first-order valence-electron chi connectivity index (χ1n) is 3.57. The quantitative estimate of drug-likeness (QED) is 0.553. The van der Waals surface area contributed by atoms with Crippen LogP contribution in [0.1, 0.15) is 16.2 Å². The Morgan fingerprint density at radius 3 is 3.27 bits per heavy atom. The minimum absolute atomic E-state index is 0.00810. The Labute approximate surface area is 64.2 Å². The van der Waals surface area contributed by atoms with Crippen molar-refractivity contribution in [1.82, 2.24) is 14.9 Å². The Hall–Kier alpha value is -1.32.